The van der Waals surface area contributed by atoms with E-state index in [1.807, 2.05) is 25.1 Å². The highest BCUT2D eigenvalue weighted by Gasteiger charge is 2.14. The van der Waals surface area contributed by atoms with Crippen molar-refractivity contribution in [1.82, 2.24) is 4.90 Å². The number of methoxy groups -OCH3 is 1. The normalized spacial score (nSPS) is 12.0. The highest BCUT2D eigenvalue weighted by Crippen LogP contribution is 2.19. The van der Waals surface area contributed by atoms with Gasteiger partial charge in [0.05, 0.1) is 19.8 Å². The number of hydrogen-bond acceptors (Lipinski definition) is 3. The fourth-order valence-electron chi connectivity index (χ4n) is 1.72. The van der Waals surface area contributed by atoms with Crippen LogP contribution in [0, 0.1) is 0 Å². The summed E-state index contributed by atoms with van der Waals surface area (Å²) < 4.78 is 5.10. The van der Waals surface area contributed by atoms with Crippen molar-refractivity contribution in [3.05, 3.63) is 29.8 Å². The number of carbonyl (C=O) groups excluding carboxylic acids is 1. The number of ether oxygens (including phenoxy) is 1. The van der Waals surface area contributed by atoms with E-state index in [1.165, 1.54) is 0 Å². The fourth-order valence-corrected chi connectivity index (χ4v) is 1.72. The topological polar surface area (TPSA) is 49.8 Å². The maximum absolute atomic E-state index is 11.6. The highest BCUT2D eigenvalue weighted by molar-refractivity contribution is 5.75. The Bertz CT molecular complexity index is 392. The van der Waals surface area contributed by atoms with Gasteiger partial charge in [0.15, 0.2) is 0 Å². The molecule has 0 aromatic heterocycles. The number of carbonyl (C=O) groups is 1. The van der Waals surface area contributed by atoms with E-state index in [4.69, 9.17) is 4.74 Å². The molecule has 0 aliphatic carbocycles. The molecule has 1 aromatic rings. The lowest BCUT2D eigenvalue weighted by Gasteiger charge is -2.21. The maximum atomic E-state index is 11.6. The Hall–Kier alpha value is -1.55. The van der Waals surface area contributed by atoms with Gasteiger partial charge in [-0.25, -0.2) is 0 Å². The van der Waals surface area contributed by atoms with Crippen molar-refractivity contribution in [3.8, 4) is 5.75 Å². The molecule has 1 N–H and O–H groups in total. The molecule has 0 saturated carbocycles. The van der Waals surface area contributed by atoms with Crippen molar-refractivity contribution in [2.24, 2.45) is 0 Å². The summed E-state index contributed by atoms with van der Waals surface area (Å²) in [5.74, 6) is 0.758. The summed E-state index contributed by atoms with van der Waals surface area (Å²) in [6.45, 7) is 2.26. The Kier molecular flexibility index (Phi) is 5.65. The molecule has 18 heavy (non-hydrogen) atoms. The van der Waals surface area contributed by atoms with Gasteiger partial charge >= 0.3 is 0 Å². The third kappa shape index (κ3) is 4.04. The molecule has 0 radical (unpaired) electrons. The Morgan fingerprint density at radius 2 is 2.22 bits per heavy atom. The van der Waals surface area contributed by atoms with Crippen LogP contribution in [0.15, 0.2) is 24.3 Å². The van der Waals surface area contributed by atoms with Crippen molar-refractivity contribution < 1.29 is 14.6 Å². The van der Waals surface area contributed by atoms with Gasteiger partial charge in [0, 0.05) is 13.5 Å². The molecule has 0 saturated heterocycles. The first kappa shape index (κ1) is 14.5. The number of amides is 1. The lowest BCUT2D eigenvalue weighted by molar-refractivity contribution is -0.131. The van der Waals surface area contributed by atoms with Crippen molar-refractivity contribution in [2.45, 2.75) is 25.9 Å². The van der Waals surface area contributed by atoms with E-state index in [0.717, 1.165) is 12.0 Å². The average Bonchev–Trinajstić information content (AvgIpc) is 2.39. The van der Waals surface area contributed by atoms with E-state index in [9.17, 15) is 9.90 Å². The minimum atomic E-state index is -0.689. The zero-order valence-electron chi connectivity index (χ0n) is 11.2. The zero-order valence-corrected chi connectivity index (χ0v) is 11.2. The van der Waals surface area contributed by atoms with Gasteiger partial charge in [0.1, 0.15) is 5.75 Å². The number of aliphatic hydroxyl groups is 1. The third-order valence-electron chi connectivity index (χ3n) is 2.81. The van der Waals surface area contributed by atoms with Gasteiger partial charge in [-0.2, -0.15) is 0 Å². The summed E-state index contributed by atoms with van der Waals surface area (Å²) in [4.78, 5) is 13.2. The quantitative estimate of drug-likeness (QED) is 0.841. The van der Waals surface area contributed by atoms with Gasteiger partial charge in [-0.1, -0.05) is 19.1 Å². The van der Waals surface area contributed by atoms with Crippen molar-refractivity contribution in [1.29, 1.82) is 0 Å². The van der Waals surface area contributed by atoms with Crippen LogP contribution in [0.1, 0.15) is 31.4 Å². The summed E-state index contributed by atoms with van der Waals surface area (Å²) in [7, 11) is 3.30. The fraction of sp³-hybridized carbons (Fsp3) is 0.500. The van der Waals surface area contributed by atoms with Crippen LogP contribution < -0.4 is 4.74 Å². The van der Waals surface area contributed by atoms with E-state index in [-0.39, 0.29) is 5.91 Å². The average molecular weight is 251 g/mol. The van der Waals surface area contributed by atoms with Crippen LogP contribution in [-0.2, 0) is 4.79 Å². The number of benzene rings is 1. The molecule has 0 aliphatic heterocycles. The zero-order chi connectivity index (χ0) is 13.5. The summed E-state index contributed by atoms with van der Waals surface area (Å²) in [5.41, 5.74) is 0.755. The minimum Gasteiger partial charge on any atom is -0.497 e. The molecule has 4 nitrogen and oxygen atoms in total. The second-order valence-electron chi connectivity index (χ2n) is 4.32. The largest absolute Gasteiger partial charge is 0.497 e. The van der Waals surface area contributed by atoms with Gasteiger partial charge in [-0.3, -0.25) is 4.79 Å². The van der Waals surface area contributed by atoms with Crippen LogP contribution in [0.5, 0.6) is 5.75 Å². The predicted molar refractivity (Wildman–Crippen MR) is 70.5 cm³/mol. The van der Waals surface area contributed by atoms with Crippen molar-refractivity contribution in [3.63, 3.8) is 0 Å². The Balaban J connectivity index is 2.63. The first-order valence-corrected chi connectivity index (χ1v) is 6.14. The second kappa shape index (κ2) is 7.01. The van der Waals surface area contributed by atoms with E-state index in [2.05, 4.69) is 0 Å². The van der Waals surface area contributed by atoms with Gasteiger partial charge in [-0.15, -0.1) is 0 Å². The van der Waals surface area contributed by atoms with E-state index >= 15 is 0 Å². The van der Waals surface area contributed by atoms with Crippen LogP contribution in [0.2, 0.25) is 0 Å². The van der Waals surface area contributed by atoms with E-state index < -0.39 is 6.10 Å². The highest BCUT2D eigenvalue weighted by atomic mass is 16.5. The van der Waals surface area contributed by atoms with E-state index in [1.54, 1.807) is 25.1 Å². The van der Waals surface area contributed by atoms with Gasteiger partial charge in [-0.05, 0) is 24.1 Å². The Labute approximate surface area is 108 Å². The van der Waals surface area contributed by atoms with Crippen molar-refractivity contribution >= 4 is 5.91 Å². The predicted octanol–water partition coefficient (Wildman–Crippen LogP) is 1.99. The first-order chi connectivity index (χ1) is 8.58. The van der Waals surface area contributed by atoms with Crippen molar-refractivity contribution in [2.75, 3.05) is 20.7 Å². The van der Waals surface area contributed by atoms with Gasteiger partial charge in [0.2, 0.25) is 5.91 Å². The Morgan fingerprint density at radius 1 is 1.50 bits per heavy atom. The lowest BCUT2D eigenvalue weighted by Crippen LogP contribution is -2.30. The number of likely N-dealkylation sites (N-methyl/N-ethyl adjacent to an activating group) is 1. The smallest absolute Gasteiger partial charge is 0.222 e. The summed E-state index contributed by atoms with van der Waals surface area (Å²) in [6, 6.07) is 7.25. The van der Waals surface area contributed by atoms with Crippen LogP contribution in [-0.4, -0.2) is 36.6 Å². The van der Waals surface area contributed by atoms with E-state index in [0.29, 0.717) is 18.7 Å². The Morgan fingerprint density at radius 3 is 2.83 bits per heavy atom. The second-order valence-corrected chi connectivity index (χ2v) is 4.32. The molecule has 1 amide bonds. The SMILES string of the molecule is CCCC(=O)N(C)CC(O)c1cccc(OC)c1. The molecule has 1 atom stereocenters. The van der Waals surface area contributed by atoms with Gasteiger partial charge in [0.25, 0.3) is 0 Å². The molecule has 0 spiro atoms. The molecule has 0 heterocycles. The molecule has 100 valence electrons. The molecule has 1 unspecified atom stereocenters. The monoisotopic (exact) mass is 251 g/mol. The standard InChI is InChI=1S/C14H21NO3/c1-4-6-14(17)15(2)10-13(16)11-7-5-8-12(9-11)18-3/h5,7-9,13,16H,4,6,10H2,1-3H3. The molecule has 4 heteroatoms. The number of hydrogen-bond donors (Lipinski definition) is 1. The molecular formula is C14H21NO3. The first-order valence-electron chi connectivity index (χ1n) is 6.14. The summed E-state index contributed by atoms with van der Waals surface area (Å²) in [6.07, 6.45) is 0.644. The molecular weight excluding hydrogens is 230 g/mol. The molecule has 1 aromatic carbocycles. The van der Waals surface area contributed by atoms with Crippen LogP contribution in [0.25, 0.3) is 0 Å². The van der Waals surface area contributed by atoms with Crippen LogP contribution >= 0.6 is 0 Å². The summed E-state index contributed by atoms with van der Waals surface area (Å²) >= 11 is 0. The minimum absolute atomic E-state index is 0.0550. The lowest BCUT2D eigenvalue weighted by atomic mass is 10.1. The number of rotatable bonds is 6. The molecule has 0 fully saturated rings. The van der Waals surface area contributed by atoms with Crippen LogP contribution in [0.4, 0.5) is 0 Å². The molecule has 0 aliphatic rings. The summed E-state index contributed by atoms with van der Waals surface area (Å²) in [5, 5.41) is 10.1. The van der Waals surface area contributed by atoms with Gasteiger partial charge < -0.3 is 14.7 Å². The third-order valence-corrected chi connectivity index (χ3v) is 2.81. The number of aliphatic hydroxyl groups excluding tert-OH is 1. The maximum Gasteiger partial charge on any atom is 0.222 e. The molecule has 0 bridgehead atoms. The molecule has 1 rings (SSSR count). The van der Waals surface area contributed by atoms with Crippen LogP contribution in [0.3, 0.4) is 0 Å². The number of nitrogens with zero attached hydrogens (tertiary/aromatic N) is 1.